The van der Waals surface area contributed by atoms with Crippen LogP contribution in [-0.2, 0) is 11.2 Å². The third-order valence-corrected chi connectivity index (χ3v) is 7.58. The molecule has 3 aliphatic rings. The second-order valence-corrected chi connectivity index (χ2v) is 8.97. The number of aliphatic imine (C=N–C) groups is 1. The van der Waals surface area contributed by atoms with Crippen molar-refractivity contribution in [1.29, 1.82) is 0 Å². The minimum Gasteiger partial charge on any atom is -0.379 e. The zero-order valence-electron chi connectivity index (χ0n) is 16.8. The van der Waals surface area contributed by atoms with Crippen molar-refractivity contribution >= 4 is 41.7 Å². The molecule has 2 N–H and O–H groups in total. The summed E-state index contributed by atoms with van der Waals surface area (Å²) in [7, 11) is 1.88. The van der Waals surface area contributed by atoms with Gasteiger partial charge in [-0.25, -0.2) is 0 Å². The summed E-state index contributed by atoms with van der Waals surface area (Å²) in [6, 6.07) is 8.87. The van der Waals surface area contributed by atoms with Gasteiger partial charge in [-0.1, -0.05) is 24.3 Å². The maximum atomic E-state index is 5.57. The summed E-state index contributed by atoms with van der Waals surface area (Å²) in [6.07, 6.45) is 3.68. The van der Waals surface area contributed by atoms with E-state index >= 15 is 0 Å². The molecule has 0 bridgehead atoms. The van der Waals surface area contributed by atoms with Crippen LogP contribution in [0.15, 0.2) is 29.3 Å². The lowest BCUT2D eigenvalue weighted by Gasteiger charge is -2.43. The summed E-state index contributed by atoms with van der Waals surface area (Å²) in [5, 5.41) is 7.23. The predicted octanol–water partition coefficient (Wildman–Crippen LogP) is 2.71. The van der Waals surface area contributed by atoms with E-state index in [0.717, 1.165) is 45.4 Å². The summed E-state index contributed by atoms with van der Waals surface area (Å²) in [6.45, 7) is 5.73. The fraction of sp³-hybridized carbons (Fsp3) is 0.667. The Labute approximate surface area is 190 Å². The highest BCUT2D eigenvalue weighted by molar-refractivity contribution is 14.0. The van der Waals surface area contributed by atoms with E-state index in [1.807, 2.05) is 7.05 Å². The Morgan fingerprint density at radius 2 is 2.11 bits per heavy atom. The first-order valence-corrected chi connectivity index (χ1v) is 11.4. The standard InChI is InChI=1S/C21H32N4OS.HI/c1-22-20(23-14-18-7-6-17-4-2-3-5-19(17)18)24-15-21(8-13-27-16-21)25-9-11-26-12-10-25;/h2-5,18H,6-16H2,1H3,(H2,22,23,24);1H. The molecule has 1 aromatic rings. The number of benzene rings is 1. The average Bonchev–Trinajstić information content (AvgIpc) is 3.37. The number of hydrogen-bond acceptors (Lipinski definition) is 4. The molecule has 2 fully saturated rings. The zero-order chi connectivity index (χ0) is 18.5. The first-order valence-electron chi connectivity index (χ1n) is 10.2. The third-order valence-electron chi connectivity index (χ3n) is 6.35. The molecule has 28 heavy (non-hydrogen) atoms. The van der Waals surface area contributed by atoms with Crippen molar-refractivity contribution in [3.8, 4) is 0 Å². The summed E-state index contributed by atoms with van der Waals surface area (Å²) in [5.41, 5.74) is 3.27. The summed E-state index contributed by atoms with van der Waals surface area (Å²) < 4.78 is 5.57. The van der Waals surface area contributed by atoms with Gasteiger partial charge in [0.05, 0.1) is 13.2 Å². The van der Waals surface area contributed by atoms with Crippen LogP contribution in [0.2, 0.25) is 0 Å². The Balaban J connectivity index is 0.00000225. The molecule has 0 radical (unpaired) electrons. The maximum Gasteiger partial charge on any atom is 0.191 e. The van der Waals surface area contributed by atoms with E-state index in [0.29, 0.717) is 5.92 Å². The number of guanidine groups is 1. The van der Waals surface area contributed by atoms with Gasteiger partial charge in [-0.05, 0) is 36.1 Å². The van der Waals surface area contributed by atoms with Crippen molar-refractivity contribution in [3.05, 3.63) is 35.4 Å². The Bertz CT molecular complexity index is 660. The second-order valence-electron chi connectivity index (χ2n) is 7.87. The van der Waals surface area contributed by atoms with Crippen molar-refractivity contribution in [2.24, 2.45) is 4.99 Å². The largest absolute Gasteiger partial charge is 0.379 e. The monoisotopic (exact) mass is 516 g/mol. The number of rotatable bonds is 5. The Hall–Kier alpha value is -0.510. The number of hydrogen-bond donors (Lipinski definition) is 2. The van der Waals surface area contributed by atoms with Gasteiger partial charge in [-0.15, -0.1) is 24.0 Å². The number of ether oxygens (including phenoxy) is 1. The fourth-order valence-electron chi connectivity index (χ4n) is 4.68. The maximum absolute atomic E-state index is 5.57. The highest BCUT2D eigenvalue weighted by Crippen LogP contribution is 2.34. The van der Waals surface area contributed by atoms with E-state index in [9.17, 15) is 0 Å². The quantitative estimate of drug-likeness (QED) is 0.358. The van der Waals surface area contributed by atoms with Gasteiger partial charge in [-0.3, -0.25) is 9.89 Å². The van der Waals surface area contributed by atoms with Crippen LogP contribution in [0.1, 0.15) is 29.9 Å². The van der Waals surface area contributed by atoms with Crippen LogP contribution in [0.4, 0.5) is 0 Å². The minimum atomic E-state index is 0. The molecule has 1 aliphatic carbocycles. The minimum absolute atomic E-state index is 0. The molecule has 1 aromatic carbocycles. The first-order chi connectivity index (χ1) is 13.3. The van der Waals surface area contributed by atoms with Crippen molar-refractivity contribution < 1.29 is 4.74 Å². The number of halogens is 1. The molecule has 2 unspecified atom stereocenters. The topological polar surface area (TPSA) is 48.9 Å². The van der Waals surface area contributed by atoms with Crippen LogP contribution in [0.25, 0.3) is 0 Å². The highest BCUT2D eigenvalue weighted by atomic mass is 127. The van der Waals surface area contributed by atoms with Crippen LogP contribution in [0.5, 0.6) is 0 Å². The van der Waals surface area contributed by atoms with Gasteiger partial charge in [0.2, 0.25) is 0 Å². The van der Waals surface area contributed by atoms with Crippen LogP contribution >= 0.6 is 35.7 Å². The van der Waals surface area contributed by atoms with E-state index < -0.39 is 0 Å². The third kappa shape index (κ3) is 4.96. The van der Waals surface area contributed by atoms with Crippen LogP contribution in [0, 0.1) is 0 Å². The fourth-order valence-corrected chi connectivity index (χ4v) is 6.16. The highest BCUT2D eigenvalue weighted by Gasteiger charge is 2.40. The van der Waals surface area contributed by atoms with Gasteiger partial charge in [-0.2, -0.15) is 11.8 Å². The molecular formula is C21H33IN4OS. The second kappa shape index (κ2) is 10.5. The van der Waals surface area contributed by atoms with Gasteiger partial charge in [0.15, 0.2) is 5.96 Å². The molecule has 0 spiro atoms. The molecule has 4 rings (SSSR count). The first kappa shape index (κ1) is 22.2. The van der Waals surface area contributed by atoms with Gasteiger partial charge in [0, 0.05) is 50.4 Å². The molecule has 0 aromatic heterocycles. The Kier molecular flexibility index (Phi) is 8.32. The number of nitrogens with zero attached hydrogens (tertiary/aromatic N) is 2. The lowest BCUT2D eigenvalue weighted by atomic mass is 9.95. The molecular weight excluding hydrogens is 483 g/mol. The summed E-state index contributed by atoms with van der Waals surface area (Å²) in [5.74, 6) is 3.98. The number of fused-ring (bicyclic) bond motifs is 1. The number of morpholine rings is 1. The number of nitrogens with one attached hydrogen (secondary N) is 2. The van der Waals surface area contributed by atoms with Gasteiger partial charge in [0.25, 0.3) is 0 Å². The molecule has 7 heteroatoms. The van der Waals surface area contributed by atoms with Gasteiger partial charge >= 0.3 is 0 Å². The SMILES string of the molecule is CN=C(NCC1CCc2ccccc21)NCC1(N2CCOCC2)CCSC1.I. The van der Waals surface area contributed by atoms with E-state index in [1.165, 1.54) is 41.9 Å². The van der Waals surface area contributed by atoms with Gasteiger partial charge < -0.3 is 15.4 Å². The van der Waals surface area contributed by atoms with Crippen molar-refractivity contribution in [2.45, 2.75) is 30.7 Å². The molecule has 0 saturated carbocycles. The summed E-state index contributed by atoms with van der Waals surface area (Å²) >= 11 is 2.08. The number of aryl methyl sites for hydroxylation is 1. The Morgan fingerprint density at radius 1 is 1.29 bits per heavy atom. The zero-order valence-corrected chi connectivity index (χ0v) is 19.9. The van der Waals surface area contributed by atoms with E-state index in [4.69, 9.17) is 4.74 Å². The van der Waals surface area contributed by atoms with Crippen molar-refractivity contribution in [3.63, 3.8) is 0 Å². The van der Waals surface area contributed by atoms with Crippen molar-refractivity contribution in [2.75, 3.05) is 57.9 Å². The normalized spacial score (nSPS) is 27.9. The lowest BCUT2D eigenvalue weighted by molar-refractivity contribution is -0.0120. The molecule has 0 amide bonds. The molecule has 2 saturated heterocycles. The molecule has 2 aliphatic heterocycles. The average molecular weight is 516 g/mol. The predicted molar refractivity (Wildman–Crippen MR) is 129 cm³/mol. The van der Waals surface area contributed by atoms with Crippen LogP contribution in [-0.4, -0.2) is 74.3 Å². The number of thioether (sulfide) groups is 1. The van der Waals surface area contributed by atoms with E-state index in [-0.39, 0.29) is 29.5 Å². The van der Waals surface area contributed by atoms with Crippen LogP contribution < -0.4 is 10.6 Å². The molecule has 2 heterocycles. The Morgan fingerprint density at radius 3 is 2.86 bits per heavy atom. The van der Waals surface area contributed by atoms with Crippen LogP contribution in [0.3, 0.4) is 0 Å². The molecule has 156 valence electrons. The molecule has 2 atom stereocenters. The van der Waals surface area contributed by atoms with E-state index in [1.54, 1.807) is 0 Å². The van der Waals surface area contributed by atoms with E-state index in [2.05, 4.69) is 56.6 Å². The smallest absolute Gasteiger partial charge is 0.191 e. The summed E-state index contributed by atoms with van der Waals surface area (Å²) in [4.78, 5) is 7.13. The van der Waals surface area contributed by atoms with Gasteiger partial charge in [0.1, 0.15) is 0 Å². The van der Waals surface area contributed by atoms with Crippen molar-refractivity contribution in [1.82, 2.24) is 15.5 Å². The lowest BCUT2D eigenvalue weighted by Crippen LogP contribution is -2.60. The molecule has 5 nitrogen and oxygen atoms in total.